The highest BCUT2D eigenvalue weighted by Gasteiger charge is 2.42. The van der Waals surface area contributed by atoms with Crippen LogP contribution in [0.15, 0.2) is 12.1 Å². The van der Waals surface area contributed by atoms with Gasteiger partial charge in [-0.2, -0.15) is 0 Å². The zero-order chi connectivity index (χ0) is 24.5. The van der Waals surface area contributed by atoms with Crippen LogP contribution in [0, 0.1) is 23.4 Å². The van der Waals surface area contributed by atoms with Crippen LogP contribution in [0.2, 0.25) is 0 Å². The lowest BCUT2D eigenvalue weighted by molar-refractivity contribution is -0.406. The minimum atomic E-state index is -1.24. The molecule has 33 heavy (non-hydrogen) atoms. The predicted molar refractivity (Wildman–Crippen MR) is 128 cm³/mol. The van der Waals surface area contributed by atoms with Gasteiger partial charge in [-0.1, -0.05) is 66.2 Å². The molecule has 0 spiro atoms. The molecule has 0 N–H and O–H groups in total. The lowest BCUT2D eigenvalue weighted by Crippen LogP contribution is -2.47. The molecule has 6 heteroatoms. The second-order valence-corrected chi connectivity index (χ2v) is 8.79. The minimum absolute atomic E-state index is 0.0975. The third-order valence-corrected chi connectivity index (χ3v) is 5.78. The molecule has 0 aliphatic heterocycles. The Hall–Kier alpha value is -1.11. The summed E-state index contributed by atoms with van der Waals surface area (Å²) in [6.45, 7) is 9.68. The summed E-state index contributed by atoms with van der Waals surface area (Å²) in [5, 5.41) is 0. The standard InChI is InChI=1S/C27H45F3O3/c1-5-9-10-11-12-13-14-22(15-16-24-25(29)20-23(28)21-26(24)30)27(31-17-6-2,32-18-7-3)33-19-8-4/h20-22H,5-19H2,1-4H3. The third-order valence-electron chi connectivity index (χ3n) is 5.78. The Balaban J connectivity index is 3.09. The zero-order valence-electron chi connectivity index (χ0n) is 21.2. The first-order valence-electron chi connectivity index (χ1n) is 13.0. The van der Waals surface area contributed by atoms with Crippen molar-refractivity contribution in [3.8, 4) is 0 Å². The highest BCUT2D eigenvalue weighted by atomic mass is 19.1. The SMILES string of the molecule is CCCCCCCCC(CCc1c(F)cc(F)cc1F)C(OCCC)(OCCC)OCCC. The van der Waals surface area contributed by atoms with Gasteiger partial charge in [-0.3, -0.25) is 0 Å². The van der Waals surface area contributed by atoms with Gasteiger partial charge < -0.3 is 14.2 Å². The molecule has 3 nitrogen and oxygen atoms in total. The van der Waals surface area contributed by atoms with Crippen molar-refractivity contribution in [3.63, 3.8) is 0 Å². The maximum atomic E-state index is 14.3. The van der Waals surface area contributed by atoms with Crippen molar-refractivity contribution in [2.24, 2.45) is 5.92 Å². The van der Waals surface area contributed by atoms with E-state index < -0.39 is 23.4 Å². The van der Waals surface area contributed by atoms with Crippen molar-refractivity contribution in [2.75, 3.05) is 19.8 Å². The van der Waals surface area contributed by atoms with Crippen molar-refractivity contribution in [2.45, 2.75) is 111 Å². The summed E-state index contributed by atoms with van der Waals surface area (Å²) in [5.74, 6) is -4.05. The minimum Gasteiger partial charge on any atom is -0.327 e. The van der Waals surface area contributed by atoms with Gasteiger partial charge in [0.2, 0.25) is 0 Å². The molecule has 0 aromatic heterocycles. The Morgan fingerprint density at radius 3 is 1.64 bits per heavy atom. The molecular formula is C27H45F3O3. The molecule has 1 atom stereocenters. The van der Waals surface area contributed by atoms with Gasteiger partial charge in [0.15, 0.2) is 0 Å². The summed E-state index contributed by atoms with van der Waals surface area (Å²) in [6, 6.07) is 1.48. The van der Waals surface area contributed by atoms with E-state index >= 15 is 0 Å². The lowest BCUT2D eigenvalue weighted by Gasteiger charge is -2.40. The molecule has 1 aromatic rings. The molecule has 0 radical (unpaired) electrons. The van der Waals surface area contributed by atoms with Gasteiger partial charge in [-0.25, -0.2) is 13.2 Å². The van der Waals surface area contributed by atoms with Crippen LogP contribution >= 0.6 is 0 Å². The number of rotatable bonds is 20. The Kier molecular flexibility index (Phi) is 15.7. The molecular weight excluding hydrogens is 429 g/mol. The Bertz CT molecular complexity index is 594. The van der Waals surface area contributed by atoms with Crippen LogP contribution in [0.3, 0.4) is 0 Å². The Morgan fingerprint density at radius 1 is 0.667 bits per heavy atom. The fourth-order valence-corrected chi connectivity index (χ4v) is 4.01. The monoisotopic (exact) mass is 474 g/mol. The van der Waals surface area contributed by atoms with Gasteiger partial charge in [-0.15, -0.1) is 0 Å². The van der Waals surface area contributed by atoms with E-state index in [1.54, 1.807) is 0 Å². The van der Waals surface area contributed by atoms with Crippen LogP contribution in [-0.2, 0) is 20.6 Å². The first-order chi connectivity index (χ1) is 15.9. The fraction of sp³-hybridized carbons (Fsp3) is 0.778. The number of unbranched alkanes of at least 4 members (excludes halogenated alkanes) is 5. The number of hydrogen-bond acceptors (Lipinski definition) is 3. The van der Waals surface area contributed by atoms with E-state index in [0.29, 0.717) is 26.2 Å². The summed E-state index contributed by atoms with van der Waals surface area (Å²) in [7, 11) is 0. The normalized spacial score (nSPS) is 12.9. The van der Waals surface area contributed by atoms with Gasteiger partial charge >= 0.3 is 0 Å². The summed E-state index contributed by atoms with van der Waals surface area (Å²) in [6.07, 6.45) is 10.6. The van der Waals surface area contributed by atoms with E-state index in [0.717, 1.165) is 57.1 Å². The number of halogens is 3. The molecule has 1 unspecified atom stereocenters. The molecule has 1 aromatic carbocycles. The van der Waals surface area contributed by atoms with Crippen molar-refractivity contribution in [1.82, 2.24) is 0 Å². The number of benzene rings is 1. The van der Waals surface area contributed by atoms with Crippen LogP contribution in [0.1, 0.15) is 104 Å². The molecule has 0 amide bonds. The Labute approximate surface area is 199 Å². The smallest absolute Gasteiger partial charge is 0.285 e. The molecule has 0 aliphatic rings. The lowest BCUT2D eigenvalue weighted by atomic mass is 9.90. The van der Waals surface area contributed by atoms with Gasteiger partial charge in [-0.05, 0) is 38.5 Å². The van der Waals surface area contributed by atoms with Crippen LogP contribution in [0.25, 0.3) is 0 Å². The first-order valence-corrected chi connectivity index (χ1v) is 13.0. The molecule has 0 saturated heterocycles. The van der Waals surface area contributed by atoms with Crippen molar-refractivity contribution in [1.29, 1.82) is 0 Å². The molecule has 0 heterocycles. The average molecular weight is 475 g/mol. The highest BCUT2D eigenvalue weighted by molar-refractivity contribution is 5.21. The molecule has 0 aliphatic carbocycles. The van der Waals surface area contributed by atoms with Gasteiger partial charge in [0.1, 0.15) is 17.5 Å². The summed E-state index contributed by atoms with van der Waals surface area (Å²) >= 11 is 0. The maximum absolute atomic E-state index is 14.3. The van der Waals surface area contributed by atoms with E-state index in [9.17, 15) is 13.2 Å². The highest BCUT2D eigenvalue weighted by Crippen LogP contribution is 2.35. The molecule has 192 valence electrons. The van der Waals surface area contributed by atoms with Gasteiger partial charge in [0.05, 0.1) is 19.8 Å². The first kappa shape index (κ1) is 29.9. The predicted octanol–water partition coefficient (Wildman–Crippen LogP) is 8.34. The number of ether oxygens (including phenoxy) is 3. The fourth-order valence-electron chi connectivity index (χ4n) is 4.01. The van der Waals surface area contributed by atoms with Crippen LogP contribution in [-0.4, -0.2) is 25.8 Å². The summed E-state index contributed by atoms with van der Waals surface area (Å²) < 4.78 is 60.7. The largest absolute Gasteiger partial charge is 0.327 e. The number of hydrogen-bond donors (Lipinski definition) is 0. The van der Waals surface area contributed by atoms with Crippen LogP contribution in [0.4, 0.5) is 13.2 Å². The van der Waals surface area contributed by atoms with Gasteiger partial charge in [0, 0.05) is 23.6 Å². The van der Waals surface area contributed by atoms with Crippen LogP contribution < -0.4 is 0 Å². The van der Waals surface area contributed by atoms with Crippen molar-refractivity contribution in [3.05, 3.63) is 35.1 Å². The third kappa shape index (κ3) is 10.8. The maximum Gasteiger partial charge on any atom is 0.285 e. The zero-order valence-corrected chi connectivity index (χ0v) is 21.2. The molecule has 1 rings (SSSR count). The second kappa shape index (κ2) is 17.3. The molecule has 0 saturated carbocycles. The van der Waals surface area contributed by atoms with E-state index in [-0.39, 0.29) is 17.9 Å². The topological polar surface area (TPSA) is 27.7 Å². The molecule has 0 bridgehead atoms. The van der Waals surface area contributed by atoms with Crippen LogP contribution in [0.5, 0.6) is 0 Å². The Morgan fingerprint density at radius 2 is 1.15 bits per heavy atom. The van der Waals surface area contributed by atoms with E-state index in [1.807, 2.05) is 20.8 Å². The summed E-state index contributed by atoms with van der Waals surface area (Å²) in [5.41, 5.74) is -0.0975. The van der Waals surface area contributed by atoms with Crippen molar-refractivity contribution < 1.29 is 27.4 Å². The second-order valence-electron chi connectivity index (χ2n) is 8.79. The van der Waals surface area contributed by atoms with Crippen molar-refractivity contribution >= 4 is 0 Å². The average Bonchev–Trinajstić information content (AvgIpc) is 2.79. The molecule has 0 fully saturated rings. The van der Waals surface area contributed by atoms with Gasteiger partial charge in [0.25, 0.3) is 5.97 Å². The van der Waals surface area contributed by atoms with E-state index in [1.165, 1.54) is 19.3 Å². The quantitative estimate of drug-likeness (QED) is 0.140. The van der Waals surface area contributed by atoms with E-state index in [4.69, 9.17) is 14.2 Å². The van der Waals surface area contributed by atoms with E-state index in [2.05, 4.69) is 6.92 Å². The summed E-state index contributed by atoms with van der Waals surface area (Å²) in [4.78, 5) is 0.